The number of hydrogen-bond acceptors (Lipinski definition) is 5. The minimum atomic E-state index is -4.57. The summed E-state index contributed by atoms with van der Waals surface area (Å²) in [5.41, 5.74) is 0.796. The van der Waals surface area contributed by atoms with E-state index in [9.17, 15) is 13.2 Å². The molecule has 0 spiro atoms. The number of halogens is 3. The molecule has 0 saturated heterocycles. The Morgan fingerprint density at radius 3 is 2.68 bits per heavy atom. The van der Waals surface area contributed by atoms with Gasteiger partial charge in [0.25, 0.3) is 5.89 Å². The van der Waals surface area contributed by atoms with Gasteiger partial charge in [-0.3, -0.25) is 4.40 Å². The smallest absolute Gasteiger partial charge is 0.422 e. The van der Waals surface area contributed by atoms with Crippen LogP contribution in [0.2, 0.25) is 0 Å². The van der Waals surface area contributed by atoms with Crippen LogP contribution in [-0.2, 0) is 6.18 Å². The van der Waals surface area contributed by atoms with Crippen LogP contribution in [-0.4, -0.2) is 24.6 Å². The van der Waals surface area contributed by atoms with Gasteiger partial charge in [0.15, 0.2) is 0 Å². The van der Waals surface area contributed by atoms with Crippen molar-refractivity contribution in [1.82, 2.24) is 24.6 Å². The summed E-state index contributed by atoms with van der Waals surface area (Å²) in [6.07, 6.45) is -1.91. The summed E-state index contributed by atoms with van der Waals surface area (Å²) in [5.74, 6) is 0.170. The number of alkyl halides is 3. The summed E-state index contributed by atoms with van der Waals surface area (Å²) >= 11 is 0. The second-order valence-corrected chi connectivity index (χ2v) is 5.50. The molecule has 25 heavy (non-hydrogen) atoms. The lowest BCUT2D eigenvalue weighted by atomic mass is 10.0. The van der Waals surface area contributed by atoms with Crippen LogP contribution >= 0.6 is 0 Å². The van der Waals surface area contributed by atoms with E-state index in [1.54, 1.807) is 19.1 Å². The maximum atomic E-state index is 13.2. The molecule has 0 bridgehead atoms. The molecule has 0 aliphatic rings. The first-order valence-corrected chi connectivity index (χ1v) is 7.17. The van der Waals surface area contributed by atoms with E-state index in [0.29, 0.717) is 27.9 Å². The Hall–Kier alpha value is -3.23. The zero-order valence-electron chi connectivity index (χ0n) is 12.9. The Kier molecular flexibility index (Phi) is 3.14. The van der Waals surface area contributed by atoms with Gasteiger partial charge in [-0.05, 0) is 30.7 Å². The van der Waals surface area contributed by atoms with Gasteiger partial charge in [0.1, 0.15) is 22.7 Å². The summed E-state index contributed by atoms with van der Waals surface area (Å²) in [6, 6.07) is 4.36. The van der Waals surface area contributed by atoms with Crippen LogP contribution in [0.5, 0.6) is 0 Å². The van der Waals surface area contributed by atoms with Gasteiger partial charge >= 0.3 is 6.18 Å². The maximum Gasteiger partial charge on any atom is 0.433 e. The molecule has 4 rings (SSSR count). The number of hydrogen-bond donors (Lipinski definition) is 0. The fraction of sp³-hybridized carbons (Fsp3) is 0.125. The second kappa shape index (κ2) is 5.13. The first-order chi connectivity index (χ1) is 11.8. The van der Waals surface area contributed by atoms with Crippen molar-refractivity contribution in [2.45, 2.75) is 13.1 Å². The molecule has 0 aromatic carbocycles. The fourth-order valence-corrected chi connectivity index (χ4v) is 2.62. The van der Waals surface area contributed by atoms with Crippen molar-refractivity contribution < 1.29 is 17.6 Å². The van der Waals surface area contributed by atoms with E-state index in [4.69, 9.17) is 4.42 Å². The van der Waals surface area contributed by atoms with E-state index in [-0.39, 0.29) is 11.5 Å². The minimum absolute atomic E-state index is 0.128. The third-order valence-corrected chi connectivity index (χ3v) is 3.73. The van der Waals surface area contributed by atoms with Gasteiger partial charge in [0, 0.05) is 11.6 Å². The lowest BCUT2D eigenvalue weighted by molar-refractivity contribution is -0.141. The highest BCUT2D eigenvalue weighted by Gasteiger charge is 2.33. The third-order valence-electron chi connectivity index (χ3n) is 3.73. The number of nitrogens with zero attached hydrogens (tertiary/aromatic N) is 5. The molecule has 0 aliphatic heterocycles. The van der Waals surface area contributed by atoms with Crippen molar-refractivity contribution in [2.24, 2.45) is 0 Å². The monoisotopic (exact) mass is 345 g/mol. The number of rotatable bonds is 2. The lowest BCUT2D eigenvalue weighted by Gasteiger charge is -2.12. The maximum absolute atomic E-state index is 13.2. The molecule has 4 aromatic rings. The predicted octanol–water partition coefficient (Wildman–Crippen LogP) is 3.98. The van der Waals surface area contributed by atoms with E-state index in [2.05, 4.69) is 26.7 Å². The van der Waals surface area contributed by atoms with Gasteiger partial charge in [-0.25, -0.2) is 9.97 Å². The van der Waals surface area contributed by atoms with Gasteiger partial charge in [-0.15, -0.1) is 10.2 Å². The summed E-state index contributed by atoms with van der Waals surface area (Å²) in [7, 11) is 0. The zero-order valence-corrected chi connectivity index (χ0v) is 12.9. The SMILES string of the molecule is C=C(C)c1cc(C(F)(F)F)nc2c1ccc1nc(-c3nnco3)cn12. The number of imidazole rings is 1. The molecule has 0 aliphatic carbocycles. The second-order valence-electron chi connectivity index (χ2n) is 5.50. The van der Waals surface area contributed by atoms with Gasteiger partial charge in [-0.2, -0.15) is 13.2 Å². The predicted molar refractivity (Wildman–Crippen MR) is 83.5 cm³/mol. The van der Waals surface area contributed by atoms with Crippen LogP contribution in [0.4, 0.5) is 13.2 Å². The molecule has 0 fully saturated rings. The Morgan fingerprint density at radius 2 is 2.04 bits per heavy atom. The van der Waals surface area contributed by atoms with Crippen LogP contribution in [0.3, 0.4) is 0 Å². The molecule has 6 nitrogen and oxygen atoms in total. The summed E-state index contributed by atoms with van der Waals surface area (Å²) < 4.78 is 46.3. The summed E-state index contributed by atoms with van der Waals surface area (Å²) in [5, 5.41) is 7.87. The minimum Gasteiger partial charge on any atom is -0.422 e. The van der Waals surface area contributed by atoms with Gasteiger partial charge in [0.05, 0.1) is 0 Å². The largest absolute Gasteiger partial charge is 0.433 e. The average Bonchev–Trinajstić information content (AvgIpc) is 3.21. The molecule has 0 atom stereocenters. The number of aromatic nitrogens is 5. The molecule has 4 heterocycles. The molecule has 0 radical (unpaired) electrons. The van der Waals surface area contributed by atoms with E-state index >= 15 is 0 Å². The molecule has 4 aromatic heterocycles. The van der Waals surface area contributed by atoms with Crippen molar-refractivity contribution in [3.63, 3.8) is 0 Å². The zero-order chi connectivity index (χ0) is 17.8. The van der Waals surface area contributed by atoms with Gasteiger partial charge in [0.2, 0.25) is 6.39 Å². The van der Waals surface area contributed by atoms with Gasteiger partial charge in [-0.1, -0.05) is 12.2 Å². The summed E-state index contributed by atoms with van der Waals surface area (Å²) in [4.78, 5) is 8.10. The standard InChI is InChI=1S/C16H10F3N5O/c1-8(2)10-5-12(16(17,18)19)22-14-9(10)3-4-13-21-11(6-24(13)14)15-23-20-7-25-15/h3-7H,1H2,2H3. The molecule has 0 unspecified atom stereocenters. The van der Waals surface area contributed by atoms with Crippen LogP contribution in [0.1, 0.15) is 18.2 Å². The molecule has 0 amide bonds. The highest BCUT2D eigenvalue weighted by atomic mass is 19.4. The van der Waals surface area contributed by atoms with E-state index in [0.717, 1.165) is 12.5 Å². The first-order valence-electron chi connectivity index (χ1n) is 7.17. The highest BCUT2D eigenvalue weighted by molar-refractivity contribution is 5.91. The van der Waals surface area contributed by atoms with Crippen LogP contribution in [0.25, 0.3) is 33.8 Å². The first kappa shape index (κ1) is 15.3. The van der Waals surface area contributed by atoms with E-state index in [1.165, 1.54) is 10.6 Å². The van der Waals surface area contributed by atoms with Gasteiger partial charge < -0.3 is 4.42 Å². The average molecular weight is 345 g/mol. The molecule has 9 heteroatoms. The lowest BCUT2D eigenvalue weighted by Crippen LogP contribution is -2.10. The number of fused-ring (bicyclic) bond motifs is 3. The molecular weight excluding hydrogens is 335 g/mol. The number of allylic oxidation sites excluding steroid dienone is 1. The summed E-state index contributed by atoms with van der Waals surface area (Å²) in [6.45, 7) is 5.42. The van der Waals surface area contributed by atoms with Crippen molar-refractivity contribution in [3.05, 3.63) is 48.6 Å². The molecule has 0 N–H and O–H groups in total. The van der Waals surface area contributed by atoms with E-state index < -0.39 is 11.9 Å². The highest BCUT2D eigenvalue weighted by Crippen LogP contribution is 2.33. The Morgan fingerprint density at radius 1 is 1.24 bits per heavy atom. The van der Waals surface area contributed by atoms with Crippen molar-refractivity contribution in [1.29, 1.82) is 0 Å². The number of pyridine rings is 2. The Balaban J connectivity index is 2.08. The van der Waals surface area contributed by atoms with Crippen LogP contribution in [0.15, 0.2) is 41.8 Å². The normalized spacial score (nSPS) is 12.2. The Labute approximate surface area is 138 Å². The third kappa shape index (κ3) is 2.44. The van der Waals surface area contributed by atoms with Crippen LogP contribution in [0, 0.1) is 0 Å². The molecule has 126 valence electrons. The molecular formula is C16H10F3N5O. The van der Waals surface area contributed by atoms with Crippen molar-refractivity contribution >= 4 is 22.3 Å². The quantitative estimate of drug-likeness (QED) is 0.549. The van der Waals surface area contributed by atoms with Crippen molar-refractivity contribution in [3.8, 4) is 11.6 Å². The topological polar surface area (TPSA) is 69.1 Å². The van der Waals surface area contributed by atoms with E-state index in [1.807, 2.05) is 0 Å². The van der Waals surface area contributed by atoms with Crippen LogP contribution < -0.4 is 0 Å². The molecule has 0 saturated carbocycles. The van der Waals surface area contributed by atoms with Crippen molar-refractivity contribution in [2.75, 3.05) is 0 Å². The fourth-order valence-electron chi connectivity index (χ4n) is 2.62. The Bertz CT molecular complexity index is 1110.